The number of methoxy groups -OCH3 is 1. The van der Waals surface area contributed by atoms with Gasteiger partial charge in [0, 0.05) is 32.4 Å². The summed E-state index contributed by atoms with van der Waals surface area (Å²) in [6.45, 7) is 5.24. The van der Waals surface area contributed by atoms with E-state index in [4.69, 9.17) is 9.47 Å². The first-order valence-electron chi connectivity index (χ1n) is 5.75. The maximum absolute atomic E-state index is 11.4. The molecule has 94 valence electrons. The van der Waals surface area contributed by atoms with Crippen molar-refractivity contribution in [3.05, 3.63) is 0 Å². The van der Waals surface area contributed by atoms with Crippen LogP contribution >= 0.6 is 0 Å². The molecule has 5 nitrogen and oxygen atoms in total. The lowest BCUT2D eigenvalue weighted by atomic mass is 10.0. The first-order chi connectivity index (χ1) is 7.66. The lowest BCUT2D eigenvalue weighted by Gasteiger charge is -2.23. The van der Waals surface area contributed by atoms with E-state index in [2.05, 4.69) is 17.6 Å². The van der Waals surface area contributed by atoms with Gasteiger partial charge in [-0.3, -0.25) is 4.79 Å². The van der Waals surface area contributed by atoms with Crippen LogP contribution in [0.25, 0.3) is 0 Å². The van der Waals surface area contributed by atoms with Crippen LogP contribution in [0.15, 0.2) is 0 Å². The third-order valence-corrected chi connectivity index (χ3v) is 2.74. The van der Waals surface area contributed by atoms with Crippen LogP contribution in [0.5, 0.6) is 0 Å². The van der Waals surface area contributed by atoms with Gasteiger partial charge in [0.25, 0.3) is 0 Å². The average Bonchev–Trinajstić information content (AvgIpc) is 2.70. The molecule has 1 unspecified atom stereocenters. The van der Waals surface area contributed by atoms with Crippen molar-refractivity contribution in [1.29, 1.82) is 0 Å². The van der Waals surface area contributed by atoms with E-state index in [9.17, 15) is 4.79 Å². The van der Waals surface area contributed by atoms with Crippen molar-refractivity contribution >= 4 is 5.91 Å². The molecule has 1 saturated heterocycles. The Morgan fingerprint density at radius 3 is 3.00 bits per heavy atom. The lowest BCUT2D eigenvalue weighted by molar-refractivity contribution is -0.120. The van der Waals surface area contributed by atoms with E-state index < -0.39 is 0 Å². The van der Waals surface area contributed by atoms with Gasteiger partial charge >= 0.3 is 0 Å². The van der Waals surface area contributed by atoms with E-state index in [1.54, 1.807) is 7.11 Å². The summed E-state index contributed by atoms with van der Waals surface area (Å²) in [5, 5.41) is 6.07. The molecule has 5 heteroatoms. The second kappa shape index (κ2) is 6.83. The Morgan fingerprint density at radius 2 is 2.38 bits per heavy atom. The van der Waals surface area contributed by atoms with Crippen molar-refractivity contribution in [1.82, 2.24) is 10.6 Å². The number of ether oxygens (including phenoxy) is 2. The zero-order valence-electron chi connectivity index (χ0n) is 10.2. The predicted molar refractivity (Wildman–Crippen MR) is 61.3 cm³/mol. The maximum Gasteiger partial charge on any atom is 0.233 e. The molecule has 0 aromatic rings. The summed E-state index contributed by atoms with van der Waals surface area (Å²) >= 11 is 0. The van der Waals surface area contributed by atoms with E-state index in [1.165, 1.54) is 0 Å². The van der Waals surface area contributed by atoms with Gasteiger partial charge < -0.3 is 20.1 Å². The number of carbonyl (C=O) groups excluding carboxylic acids is 1. The smallest absolute Gasteiger partial charge is 0.233 e. The van der Waals surface area contributed by atoms with Crippen molar-refractivity contribution < 1.29 is 14.3 Å². The molecule has 1 heterocycles. The molecule has 16 heavy (non-hydrogen) atoms. The SMILES string of the molecule is COCCCNC(=O)CNC1(C)CCOC1. The molecule has 0 spiro atoms. The Bertz CT molecular complexity index is 215. The fourth-order valence-corrected chi connectivity index (χ4v) is 1.61. The zero-order chi connectivity index (χ0) is 11.9. The van der Waals surface area contributed by atoms with Gasteiger partial charge in [-0.1, -0.05) is 0 Å². The van der Waals surface area contributed by atoms with Gasteiger partial charge in [0.1, 0.15) is 0 Å². The normalized spacial score (nSPS) is 24.6. The predicted octanol–water partition coefficient (Wildman–Crippen LogP) is -0.0923. The Morgan fingerprint density at radius 1 is 1.56 bits per heavy atom. The highest BCUT2D eigenvalue weighted by atomic mass is 16.5. The quantitative estimate of drug-likeness (QED) is 0.600. The summed E-state index contributed by atoms with van der Waals surface area (Å²) < 4.78 is 10.2. The van der Waals surface area contributed by atoms with Crippen LogP contribution in [0.2, 0.25) is 0 Å². The van der Waals surface area contributed by atoms with Crippen LogP contribution in [-0.4, -0.2) is 51.5 Å². The largest absolute Gasteiger partial charge is 0.385 e. The van der Waals surface area contributed by atoms with Crippen molar-refractivity contribution in [3.63, 3.8) is 0 Å². The molecule has 1 amide bonds. The first kappa shape index (κ1) is 13.4. The average molecular weight is 230 g/mol. The minimum atomic E-state index is -0.0378. The molecule has 0 radical (unpaired) electrons. The summed E-state index contributed by atoms with van der Waals surface area (Å²) in [6, 6.07) is 0. The van der Waals surface area contributed by atoms with Crippen LogP contribution in [0.4, 0.5) is 0 Å². The molecule has 1 atom stereocenters. The summed E-state index contributed by atoms with van der Waals surface area (Å²) in [6.07, 6.45) is 1.81. The fourth-order valence-electron chi connectivity index (χ4n) is 1.61. The minimum Gasteiger partial charge on any atom is -0.385 e. The summed E-state index contributed by atoms with van der Waals surface area (Å²) in [5.74, 6) is 0.0317. The van der Waals surface area contributed by atoms with Gasteiger partial charge in [0.2, 0.25) is 5.91 Å². The molecule has 0 aliphatic carbocycles. The van der Waals surface area contributed by atoms with Crippen molar-refractivity contribution in [2.45, 2.75) is 25.3 Å². The van der Waals surface area contributed by atoms with Gasteiger partial charge in [-0.15, -0.1) is 0 Å². The Kier molecular flexibility index (Phi) is 5.73. The highest BCUT2D eigenvalue weighted by molar-refractivity contribution is 5.78. The van der Waals surface area contributed by atoms with Crippen LogP contribution in [0.1, 0.15) is 19.8 Å². The van der Waals surface area contributed by atoms with Crippen LogP contribution in [-0.2, 0) is 14.3 Å². The number of rotatable bonds is 7. The highest BCUT2D eigenvalue weighted by Gasteiger charge is 2.29. The van der Waals surface area contributed by atoms with Crippen LogP contribution in [0, 0.1) is 0 Å². The zero-order valence-corrected chi connectivity index (χ0v) is 10.2. The third-order valence-electron chi connectivity index (χ3n) is 2.74. The summed E-state index contributed by atoms with van der Waals surface area (Å²) in [5.41, 5.74) is -0.0378. The molecule has 1 rings (SSSR count). The van der Waals surface area contributed by atoms with Crippen molar-refractivity contribution in [3.8, 4) is 0 Å². The molecular weight excluding hydrogens is 208 g/mol. The molecule has 1 aliphatic heterocycles. The van der Waals surface area contributed by atoms with Crippen LogP contribution in [0.3, 0.4) is 0 Å². The topological polar surface area (TPSA) is 59.6 Å². The van der Waals surface area contributed by atoms with Crippen molar-refractivity contribution in [2.75, 3.05) is 40.0 Å². The monoisotopic (exact) mass is 230 g/mol. The van der Waals surface area contributed by atoms with Crippen molar-refractivity contribution in [2.24, 2.45) is 0 Å². The van der Waals surface area contributed by atoms with E-state index >= 15 is 0 Å². The Hall–Kier alpha value is -0.650. The molecule has 1 fully saturated rings. The number of nitrogens with one attached hydrogen (secondary N) is 2. The van der Waals surface area contributed by atoms with Gasteiger partial charge in [0.15, 0.2) is 0 Å². The second-order valence-corrected chi connectivity index (χ2v) is 4.41. The highest BCUT2D eigenvalue weighted by Crippen LogP contribution is 2.16. The molecule has 0 aromatic carbocycles. The molecular formula is C11H22N2O3. The minimum absolute atomic E-state index is 0.0317. The molecule has 0 aromatic heterocycles. The first-order valence-corrected chi connectivity index (χ1v) is 5.75. The molecule has 1 aliphatic rings. The molecule has 2 N–H and O–H groups in total. The number of carbonyl (C=O) groups is 1. The standard InChI is InChI=1S/C11H22N2O3/c1-11(4-7-16-9-11)13-8-10(14)12-5-3-6-15-2/h13H,3-9H2,1-2H3,(H,12,14). The maximum atomic E-state index is 11.4. The van der Waals surface area contributed by atoms with Gasteiger partial charge in [0.05, 0.1) is 13.2 Å². The molecule has 0 saturated carbocycles. The molecule has 0 bridgehead atoms. The summed E-state index contributed by atoms with van der Waals surface area (Å²) in [4.78, 5) is 11.4. The lowest BCUT2D eigenvalue weighted by Crippen LogP contribution is -2.47. The van der Waals surface area contributed by atoms with E-state index in [-0.39, 0.29) is 11.4 Å². The van der Waals surface area contributed by atoms with E-state index in [0.717, 1.165) is 19.4 Å². The number of hydrogen-bond donors (Lipinski definition) is 2. The number of hydrogen-bond acceptors (Lipinski definition) is 4. The van der Waals surface area contributed by atoms with E-state index in [1.807, 2.05) is 0 Å². The van der Waals surface area contributed by atoms with Gasteiger partial charge in [-0.2, -0.15) is 0 Å². The van der Waals surface area contributed by atoms with Crippen LogP contribution < -0.4 is 10.6 Å². The third kappa shape index (κ3) is 4.92. The second-order valence-electron chi connectivity index (χ2n) is 4.41. The van der Waals surface area contributed by atoms with E-state index in [0.29, 0.717) is 26.3 Å². The Labute approximate surface area is 96.9 Å². The number of amides is 1. The van der Waals surface area contributed by atoms with Gasteiger partial charge in [-0.05, 0) is 19.8 Å². The Balaban J connectivity index is 2.05. The summed E-state index contributed by atoms with van der Waals surface area (Å²) in [7, 11) is 1.66. The van der Waals surface area contributed by atoms with Gasteiger partial charge in [-0.25, -0.2) is 0 Å². The fraction of sp³-hybridized carbons (Fsp3) is 0.909.